The molecular formula is C28H29N3O5. The van der Waals surface area contributed by atoms with Crippen molar-refractivity contribution < 1.29 is 23.5 Å². The summed E-state index contributed by atoms with van der Waals surface area (Å²) in [4.78, 5) is 46.0. The molecule has 0 spiro atoms. The average molecular weight is 488 g/mol. The maximum absolute atomic E-state index is 13.5. The molecule has 1 saturated heterocycles. The molecule has 2 amide bonds. The maximum Gasteiger partial charge on any atom is 0.339 e. The minimum atomic E-state index is -0.521. The van der Waals surface area contributed by atoms with Gasteiger partial charge in [0, 0.05) is 38.5 Å². The van der Waals surface area contributed by atoms with Crippen LogP contribution in [0.5, 0.6) is 0 Å². The summed E-state index contributed by atoms with van der Waals surface area (Å²) in [7, 11) is 0. The largest absolute Gasteiger partial charge is 0.465 e. The number of rotatable bonds is 4. The zero-order valence-electron chi connectivity index (χ0n) is 20.5. The first-order chi connectivity index (χ1) is 17.4. The third-order valence-electron chi connectivity index (χ3n) is 6.89. The van der Waals surface area contributed by atoms with Crippen LogP contribution in [-0.4, -0.2) is 65.4 Å². The molecule has 186 valence electrons. The van der Waals surface area contributed by atoms with Gasteiger partial charge in [0.15, 0.2) is 6.61 Å². The van der Waals surface area contributed by atoms with E-state index in [1.54, 1.807) is 16.1 Å². The molecule has 1 aliphatic carbocycles. The van der Waals surface area contributed by atoms with E-state index in [4.69, 9.17) is 14.1 Å². The Morgan fingerprint density at radius 1 is 1.06 bits per heavy atom. The molecule has 1 aromatic carbocycles. The van der Waals surface area contributed by atoms with Crippen molar-refractivity contribution >= 4 is 40.3 Å². The predicted molar refractivity (Wildman–Crippen MR) is 135 cm³/mol. The van der Waals surface area contributed by atoms with E-state index in [1.807, 2.05) is 42.5 Å². The smallest absolute Gasteiger partial charge is 0.339 e. The predicted octanol–water partition coefficient (Wildman–Crippen LogP) is 3.80. The Bertz CT molecular complexity index is 1340. The Kier molecular flexibility index (Phi) is 6.59. The first-order valence-electron chi connectivity index (χ1n) is 12.3. The van der Waals surface area contributed by atoms with E-state index in [-0.39, 0.29) is 18.4 Å². The number of fused-ring (bicyclic) bond motifs is 2. The van der Waals surface area contributed by atoms with Gasteiger partial charge in [-0.3, -0.25) is 9.59 Å². The van der Waals surface area contributed by atoms with Crippen LogP contribution in [0.4, 0.5) is 0 Å². The highest BCUT2D eigenvalue weighted by atomic mass is 16.5. The summed E-state index contributed by atoms with van der Waals surface area (Å²) in [5.41, 5.74) is 3.81. The van der Waals surface area contributed by atoms with Gasteiger partial charge in [-0.2, -0.15) is 0 Å². The van der Waals surface area contributed by atoms with Gasteiger partial charge in [-0.05, 0) is 54.2 Å². The highest BCUT2D eigenvalue weighted by Crippen LogP contribution is 2.38. The molecule has 1 fully saturated rings. The number of para-hydroxylation sites is 1. The van der Waals surface area contributed by atoms with E-state index in [0.717, 1.165) is 34.4 Å². The van der Waals surface area contributed by atoms with Crippen molar-refractivity contribution in [2.45, 2.75) is 26.7 Å². The van der Waals surface area contributed by atoms with Crippen LogP contribution in [0, 0.1) is 5.92 Å². The first-order valence-corrected chi connectivity index (χ1v) is 12.3. The topological polar surface area (TPSA) is 93.0 Å². The van der Waals surface area contributed by atoms with Gasteiger partial charge in [0.05, 0.1) is 23.0 Å². The average Bonchev–Trinajstić information content (AvgIpc) is 3.39. The van der Waals surface area contributed by atoms with E-state index >= 15 is 0 Å². The summed E-state index contributed by atoms with van der Waals surface area (Å²) in [6.07, 6.45) is 5.12. The van der Waals surface area contributed by atoms with Crippen LogP contribution >= 0.6 is 0 Å². The minimum Gasteiger partial charge on any atom is -0.465 e. The van der Waals surface area contributed by atoms with Crippen molar-refractivity contribution in [1.29, 1.82) is 0 Å². The molecule has 0 radical (unpaired) electrons. The molecule has 36 heavy (non-hydrogen) atoms. The normalized spacial score (nSPS) is 18.8. The van der Waals surface area contributed by atoms with Gasteiger partial charge in [-0.15, -0.1) is 0 Å². The maximum atomic E-state index is 13.5. The second-order valence-corrected chi connectivity index (χ2v) is 9.49. The van der Waals surface area contributed by atoms with Gasteiger partial charge < -0.3 is 19.0 Å². The number of carbonyl (C=O) groups is 3. The fourth-order valence-corrected chi connectivity index (χ4v) is 5.08. The monoisotopic (exact) mass is 487 g/mol. The number of amides is 2. The number of hydrogen-bond donors (Lipinski definition) is 0. The van der Waals surface area contributed by atoms with Crippen LogP contribution < -0.4 is 0 Å². The van der Waals surface area contributed by atoms with Crippen molar-refractivity contribution in [3.8, 4) is 0 Å². The molecule has 8 nitrogen and oxygen atoms in total. The van der Waals surface area contributed by atoms with E-state index < -0.39 is 5.97 Å². The van der Waals surface area contributed by atoms with Gasteiger partial charge in [0.25, 0.3) is 5.91 Å². The Labute approximate surface area is 209 Å². The van der Waals surface area contributed by atoms with Crippen molar-refractivity contribution in [3.05, 3.63) is 65.2 Å². The first kappa shape index (κ1) is 23.8. The van der Waals surface area contributed by atoms with Crippen molar-refractivity contribution in [2.75, 3.05) is 32.8 Å². The standard InChI is InChI=1S/C28H29N3O5/c1-18-14-20(16-21-6-5-13-35-21)27-23(15-18)26(22-7-3-4-8-24(22)29-27)28(34)36-17-25(33)31-11-9-30(10-12-31)19(2)32/h3-8,13,16,18H,9-12,14-15,17H2,1-2H3/b20-16-. The SMILES string of the molecule is CC(=O)N1CCN(C(=O)COC(=O)c2c3c(nc4ccccc24)/C(=C\c2ccco2)CC(C)C3)CC1. The molecule has 8 heteroatoms. The zero-order chi connectivity index (χ0) is 25.2. The van der Waals surface area contributed by atoms with E-state index in [1.165, 1.54) is 6.92 Å². The number of benzene rings is 1. The number of aromatic nitrogens is 1. The second kappa shape index (κ2) is 9.97. The fourth-order valence-electron chi connectivity index (χ4n) is 5.08. The number of pyridine rings is 1. The number of esters is 1. The number of nitrogens with zero attached hydrogens (tertiary/aromatic N) is 3. The number of furan rings is 1. The third kappa shape index (κ3) is 4.76. The quantitative estimate of drug-likeness (QED) is 0.520. The lowest BCUT2D eigenvalue weighted by Gasteiger charge is -2.34. The number of carbonyl (C=O) groups excluding carboxylic acids is 3. The number of piperazine rings is 1. The lowest BCUT2D eigenvalue weighted by Crippen LogP contribution is -2.51. The van der Waals surface area contributed by atoms with Gasteiger partial charge >= 0.3 is 5.97 Å². The van der Waals surface area contributed by atoms with Crippen LogP contribution in [0.25, 0.3) is 22.6 Å². The Morgan fingerprint density at radius 3 is 2.53 bits per heavy atom. The molecule has 3 heterocycles. The van der Waals surface area contributed by atoms with Gasteiger partial charge in [-0.1, -0.05) is 25.1 Å². The Morgan fingerprint density at radius 2 is 1.81 bits per heavy atom. The molecule has 2 aliphatic rings. The van der Waals surface area contributed by atoms with Gasteiger partial charge in [-0.25, -0.2) is 9.78 Å². The van der Waals surface area contributed by atoms with Gasteiger partial charge in [0.1, 0.15) is 5.76 Å². The lowest BCUT2D eigenvalue weighted by molar-refractivity contribution is -0.140. The molecule has 1 atom stereocenters. The van der Waals surface area contributed by atoms with Crippen molar-refractivity contribution in [3.63, 3.8) is 0 Å². The molecule has 3 aromatic rings. The summed E-state index contributed by atoms with van der Waals surface area (Å²) >= 11 is 0. The Balaban J connectivity index is 1.43. The van der Waals surface area contributed by atoms with Crippen LogP contribution in [0.3, 0.4) is 0 Å². The number of allylic oxidation sites excluding steroid dienone is 1. The van der Waals surface area contributed by atoms with E-state index in [0.29, 0.717) is 49.6 Å². The molecule has 0 bridgehead atoms. The lowest BCUT2D eigenvalue weighted by atomic mass is 9.81. The highest BCUT2D eigenvalue weighted by Gasteiger charge is 2.30. The van der Waals surface area contributed by atoms with Crippen LogP contribution in [0.15, 0.2) is 47.1 Å². The highest BCUT2D eigenvalue weighted by molar-refractivity contribution is 6.07. The summed E-state index contributed by atoms with van der Waals surface area (Å²) in [5, 5.41) is 0.718. The zero-order valence-corrected chi connectivity index (χ0v) is 20.5. The summed E-state index contributed by atoms with van der Waals surface area (Å²) in [5.74, 6) is 0.252. The number of hydrogen-bond acceptors (Lipinski definition) is 6. The minimum absolute atomic E-state index is 0.00226. The molecule has 2 aromatic heterocycles. The molecular weight excluding hydrogens is 458 g/mol. The molecule has 0 saturated carbocycles. The van der Waals surface area contributed by atoms with Crippen LogP contribution in [0.2, 0.25) is 0 Å². The summed E-state index contributed by atoms with van der Waals surface area (Å²) in [6, 6.07) is 11.3. The van der Waals surface area contributed by atoms with Crippen molar-refractivity contribution in [1.82, 2.24) is 14.8 Å². The summed E-state index contributed by atoms with van der Waals surface area (Å²) < 4.78 is 11.1. The van der Waals surface area contributed by atoms with Crippen LogP contribution in [-0.2, 0) is 20.7 Å². The number of ether oxygens (including phenoxy) is 1. The van der Waals surface area contributed by atoms with Crippen molar-refractivity contribution in [2.24, 2.45) is 5.92 Å². The second-order valence-electron chi connectivity index (χ2n) is 9.49. The van der Waals surface area contributed by atoms with E-state index in [2.05, 4.69) is 6.92 Å². The van der Waals surface area contributed by atoms with Crippen LogP contribution in [0.1, 0.15) is 47.6 Å². The fraction of sp³-hybridized carbons (Fsp3) is 0.357. The Hall–Kier alpha value is -3.94. The van der Waals surface area contributed by atoms with Gasteiger partial charge in [0.2, 0.25) is 5.91 Å². The third-order valence-corrected chi connectivity index (χ3v) is 6.89. The molecule has 5 rings (SSSR count). The van der Waals surface area contributed by atoms with E-state index in [9.17, 15) is 14.4 Å². The molecule has 1 unspecified atom stereocenters. The molecule has 1 aliphatic heterocycles. The summed E-state index contributed by atoms with van der Waals surface area (Å²) in [6.45, 7) is 5.17. The molecule has 0 N–H and O–H groups in total.